The van der Waals surface area contributed by atoms with Crippen LogP contribution in [-0.2, 0) is 14.3 Å². The maximum absolute atomic E-state index is 13.2. The molecule has 0 rings (SSSR count). The Morgan fingerprint density at radius 1 is 0.484 bits per heavy atom. The number of hydrogen-bond donors (Lipinski definition) is 3. The van der Waals surface area contributed by atoms with Crippen LogP contribution in [0.2, 0.25) is 0 Å². The SMILES string of the molecule is CC\C=C/C=C/C=C/C=C\C=C\C=C\CCCCCC(=O)OC(C/C=C/C=C\C=C/C=C/C=C/CC)CC(=O)NC(CO)C(O)CCCCCCCCCCCCCCCCCCC. The molecule has 64 heavy (non-hydrogen) atoms. The van der Waals surface area contributed by atoms with Crippen LogP contribution >= 0.6 is 0 Å². The first kappa shape index (κ1) is 60.0. The topological polar surface area (TPSA) is 95.9 Å². The van der Waals surface area contributed by atoms with Gasteiger partial charge in [-0.3, -0.25) is 9.59 Å². The first-order valence-electron chi connectivity index (χ1n) is 25.6. The molecule has 0 spiro atoms. The predicted molar refractivity (Wildman–Crippen MR) is 277 cm³/mol. The Hall–Kier alpha value is -4.00. The lowest BCUT2D eigenvalue weighted by Gasteiger charge is -2.24. The number of hydrogen-bond acceptors (Lipinski definition) is 5. The van der Waals surface area contributed by atoms with Gasteiger partial charge in [0.1, 0.15) is 6.10 Å². The molecule has 3 atom stereocenters. The molecular formula is C58H93NO5. The van der Waals surface area contributed by atoms with E-state index < -0.39 is 18.2 Å². The molecule has 6 heteroatoms. The second-order valence-corrected chi connectivity index (χ2v) is 16.7. The summed E-state index contributed by atoms with van der Waals surface area (Å²) < 4.78 is 5.81. The van der Waals surface area contributed by atoms with Crippen molar-refractivity contribution in [3.8, 4) is 0 Å². The number of esters is 1. The van der Waals surface area contributed by atoms with E-state index in [0.29, 0.717) is 19.3 Å². The second kappa shape index (κ2) is 50.0. The van der Waals surface area contributed by atoms with E-state index in [-0.39, 0.29) is 31.3 Å². The van der Waals surface area contributed by atoms with Crippen LogP contribution in [0.1, 0.15) is 194 Å². The van der Waals surface area contributed by atoms with Crippen molar-refractivity contribution in [1.82, 2.24) is 5.32 Å². The number of nitrogens with one attached hydrogen (secondary N) is 1. The summed E-state index contributed by atoms with van der Waals surface area (Å²) in [5.41, 5.74) is 0. The summed E-state index contributed by atoms with van der Waals surface area (Å²) in [6, 6.07) is -0.759. The zero-order valence-corrected chi connectivity index (χ0v) is 40.9. The van der Waals surface area contributed by atoms with Crippen molar-refractivity contribution in [2.75, 3.05) is 6.61 Å². The molecule has 0 aliphatic heterocycles. The lowest BCUT2D eigenvalue weighted by atomic mass is 10.0. The molecule has 0 fully saturated rings. The highest BCUT2D eigenvalue weighted by molar-refractivity contribution is 5.77. The summed E-state index contributed by atoms with van der Waals surface area (Å²) in [5.74, 6) is -0.673. The van der Waals surface area contributed by atoms with Gasteiger partial charge >= 0.3 is 5.97 Å². The lowest BCUT2D eigenvalue weighted by molar-refractivity contribution is -0.150. The molecule has 0 saturated heterocycles. The number of amides is 1. The van der Waals surface area contributed by atoms with Gasteiger partial charge in [0.2, 0.25) is 5.91 Å². The van der Waals surface area contributed by atoms with E-state index in [9.17, 15) is 19.8 Å². The molecule has 6 nitrogen and oxygen atoms in total. The fraction of sp³-hybridized carbons (Fsp3) is 0.586. The quantitative estimate of drug-likeness (QED) is 0.0322. The van der Waals surface area contributed by atoms with Gasteiger partial charge in [0.15, 0.2) is 0 Å². The third-order valence-corrected chi connectivity index (χ3v) is 10.8. The third-order valence-electron chi connectivity index (χ3n) is 10.8. The van der Waals surface area contributed by atoms with Gasteiger partial charge in [-0.05, 0) is 38.5 Å². The van der Waals surface area contributed by atoms with Gasteiger partial charge in [-0.15, -0.1) is 0 Å². The molecule has 3 N–H and O–H groups in total. The van der Waals surface area contributed by atoms with Crippen LogP contribution in [-0.4, -0.2) is 46.9 Å². The van der Waals surface area contributed by atoms with E-state index in [4.69, 9.17) is 4.74 Å². The Morgan fingerprint density at radius 3 is 1.31 bits per heavy atom. The van der Waals surface area contributed by atoms with Gasteiger partial charge in [-0.25, -0.2) is 0 Å². The van der Waals surface area contributed by atoms with Crippen LogP contribution in [0.15, 0.2) is 134 Å². The molecule has 0 aliphatic carbocycles. The van der Waals surface area contributed by atoms with Crippen molar-refractivity contribution in [3.63, 3.8) is 0 Å². The molecule has 0 bridgehead atoms. The third kappa shape index (κ3) is 44.6. The Morgan fingerprint density at radius 2 is 0.875 bits per heavy atom. The largest absolute Gasteiger partial charge is 0.461 e. The molecule has 3 unspecified atom stereocenters. The van der Waals surface area contributed by atoms with Crippen molar-refractivity contribution in [3.05, 3.63) is 134 Å². The lowest BCUT2D eigenvalue weighted by Crippen LogP contribution is -2.46. The van der Waals surface area contributed by atoms with Gasteiger partial charge in [-0.2, -0.15) is 0 Å². The highest BCUT2D eigenvalue weighted by Crippen LogP contribution is 2.16. The number of rotatable bonds is 43. The van der Waals surface area contributed by atoms with Crippen molar-refractivity contribution in [2.45, 2.75) is 212 Å². The summed E-state index contributed by atoms with van der Waals surface area (Å²) in [5, 5.41) is 23.7. The van der Waals surface area contributed by atoms with E-state index in [0.717, 1.165) is 51.4 Å². The van der Waals surface area contributed by atoms with Crippen molar-refractivity contribution in [2.24, 2.45) is 0 Å². The molecule has 1 amide bonds. The molecule has 0 aliphatic rings. The van der Waals surface area contributed by atoms with E-state index in [1.807, 2.05) is 115 Å². The number of aliphatic hydroxyl groups is 2. The molecule has 0 radical (unpaired) electrons. The monoisotopic (exact) mass is 884 g/mol. The number of allylic oxidation sites excluding steroid dienone is 21. The summed E-state index contributed by atoms with van der Waals surface area (Å²) in [6.45, 7) is 6.13. The predicted octanol–water partition coefficient (Wildman–Crippen LogP) is 15.4. The maximum Gasteiger partial charge on any atom is 0.306 e. The number of ether oxygens (including phenoxy) is 1. The minimum Gasteiger partial charge on any atom is -0.461 e. The average molecular weight is 884 g/mol. The smallest absolute Gasteiger partial charge is 0.306 e. The molecule has 0 aromatic carbocycles. The van der Waals surface area contributed by atoms with Gasteiger partial charge in [0, 0.05) is 12.8 Å². The first-order chi connectivity index (χ1) is 31.5. The minimum absolute atomic E-state index is 0.0460. The molecule has 0 heterocycles. The van der Waals surface area contributed by atoms with Crippen LogP contribution in [0.25, 0.3) is 0 Å². The zero-order valence-electron chi connectivity index (χ0n) is 40.9. The summed E-state index contributed by atoms with van der Waals surface area (Å²) in [6.07, 6.45) is 71.1. The second-order valence-electron chi connectivity index (χ2n) is 16.7. The fourth-order valence-electron chi connectivity index (χ4n) is 6.95. The molecule has 0 aromatic heterocycles. The Labute approximate surface area is 393 Å². The van der Waals surface area contributed by atoms with Crippen LogP contribution in [0.3, 0.4) is 0 Å². The summed E-state index contributed by atoms with van der Waals surface area (Å²) >= 11 is 0. The molecule has 0 saturated carbocycles. The Bertz CT molecular complexity index is 1410. The Balaban J connectivity index is 4.71. The van der Waals surface area contributed by atoms with Crippen molar-refractivity contribution in [1.29, 1.82) is 0 Å². The standard InChI is InChI=1S/C58H93NO5/c1-4-7-10-13-16-19-22-24-26-28-30-32-35-38-41-44-47-50-56(61)55(53-60)59-57(62)52-54(49-46-43-40-37-34-21-18-15-12-9-6-3)64-58(63)51-48-45-42-39-36-33-31-29-27-25-23-20-17-14-11-8-5-2/h8-9,11-12,14-15,17-18,20-21,23,25,27,29,31,33-34,36-37,40,43,46,54-56,60-61H,4-7,10,13,16,19,22,24,26,28,30,32,35,38-39,41-42,44-45,47-53H2,1-3H3,(H,59,62)/b11-8-,12-9+,17-14+,18-15+,23-20+,27-25-,31-29+,34-21-,36-33+,40-37-,46-43+. The average Bonchev–Trinajstić information content (AvgIpc) is 3.29. The van der Waals surface area contributed by atoms with Gasteiger partial charge in [-0.1, -0.05) is 270 Å². The van der Waals surface area contributed by atoms with Crippen LogP contribution in [0, 0.1) is 0 Å². The maximum atomic E-state index is 13.2. The normalized spacial score (nSPS) is 14.4. The number of unbranched alkanes of at least 4 members (excludes halogenated alkanes) is 19. The number of carbonyl (C=O) groups excluding carboxylic acids is 2. The van der Waals surface area contributed by atoms with Crippen LogP contribution in [0.5, 0.6) is 0 Å². The highest BCUT2D eigenvalue weighted by atomic mass is 16.5. The summed E-state index contributed by atoms with van der Waals surface area (Å²) in [7, 11) is 0. The molecule has 0 aromatic rings. The summed E-state index contributed by atoms with van der Waals surface area (Å²) in [4.78, 5) is 26.0. The number of carbonyl (C=O) groups is 2. The van der Waals surface area contributed by atoms with E-state index in [2.05, 4.69) is 44.3 Å². The molecular weight excluding hydrogens is 791 g/mol. The van der Waals surface area contributed by atoms with Gasteiger partial charge < -0.3 is 20.3 Å². The van der Waals surface area contributed by atoms with Crippen LogP contribution < -0.4 is 5.32 Å². The molecule has 360 valence electrons. The Kier molecular flexibility index (Phi) is 46.9. The minimum atomic E-state index is -0.835. The fourth-order valence-corrected chi connectivity index (χ4v) is 6.95. The highest BCUT2D eigenvalue weighted by Gasteiger charge is 2.23. The van der Waals surface area contributed by atoms with Gasteiger partial charge in [0.05, 0.1) is 25.2 Å². The van der Waals surface area contributed by atoms with Gasteiger partial charge in [0.25, 0.3) is 0 Å². The van der Waals surface area contributed by atoms with E-state index >= 15 is 0 Å². The zero-order chi connectivity index (χ0) is 46.7. The first-order valence-corrected chi connectivity index (χ1v) is 25.6. The van der Waals surface area contributed by atoms with Crippen LogP contribution in [0.4, 0.5) is 0 Å². The van der Waals surface area contributed by atoms with Crippen molar-refractivity contribution >= 4 is 11.9 Å². The van der Waals surface area contributed by atoms with E-state index in [1.54, 1.807) is 0 Å². The van der Waals surface area contributed by atoms with Crippen molar-refractivity contribution < 1.29 is 24.5 Å². The number of aliphatic hydroxyl groups excluding tert-OH is 2. The van der Waals surface area contributed by atoms with E-state index in [1.165, 1.54) is 89.9 Å².